The van der Waals surface area contributed by atoms with Crippen LogP contribution in [0.4, 0.5) is 16.2 Å². The average molecular weight is 448 g/mol. The molecule has 0 aromatic heterocycles. The number of carbonyl (C=O) groups is 4. The molecule has 33 heavy (non-hydrogen) atoms. The molecule has 0 saturated carbocycles. The highest BCUT2D eigenvalue weighted by Crippen LogP contribution is 2.34. The minimum absolute atomic E-state index is 0.105. The molecular weight excluding hydrogens is 424 g/mol. The van der Waals surface area contributed by atoms with Crippen molar-refractivity contribution in [3.05, 3.63) is 59.2 Å². The van der Waals surface area contributed by atoms with Gasteiger partial charge < -0.3 is 15.0 Å². The third-order valence-electron chi connectivity index (χ3n) is 6.42. The van der Waals surface area contributed by atoms with E-state index in [1.54, 1.807) is 30.2 Å². The first-order valence-electron chi connectivity index (χ1n) is 10.9. The van der Waals surface area contributed by atoms with E-state index in [9.17, 15) is 19.2 Å². The van der Waals surface area contributed by atoms with Crippen molar-refractivity contribution in [2.75, 3.05) is 23.9 Å². The number of fused-ring (bicyclic) bond motifs is 2. The van der Waals surface area contributed by atoms with Crippen LogP contribution in [-0.4, -0.2) is 54.5 Å². The number of anilines is 2. The summed E-state index contributed by atoms with van der Waals surface area (Å²) in [5.74, 6) is -1.01. The Bertz CT molecular complexity index is 1160. The molecule has 0 bridgehead atoms. The summed E-state index contributed by atoms with van der Waals surface area (Å²) < 4.78 is 5.33. The Balaban J connectivity index is 1.34. The number of hydrogen-bond acceptors (Lipinski definition) is 5. The van der Waals surface area contributed by atoms with Gasteiger partial charge in [0.25, 0.3) is 5.91 Å². The van der Waals surface area contributed by atoms with Crippen molar-refractivity contribution in [3.8, 4) is 0 Å². The number of urea groups is 1. The molecule has 2 aromatic rings. The van der Waals surface area contributed by atoms with Crippen LogP contribution in [0.1, 0.15) is 34.3 Å². The van der Waals surface area contributed by atoms with Crippen LogP contribution in [0.5, 0.6) is 0 Å². The Kier molecular flexibility index (Phi) is 5.33. The predicted molar refractivity (Wildman–Crippen MR) is 120 cm³/mol. The first-order valence-corrected chi connectivity index (χ1v) is 10.9. The standard InChI is InChI=1S/C24H24N4O5/c1-33-13-17-11-14-4-2-3-5-19(14)28(17)24(32)25-16-6-7-18-15(10-16)12-27(23(18)31)20-8-9-21(29)26-22(20)30/h2-7,10,17,20H,8-9,11-13H2,1H3,(H,25,32)(H,26,29,30)/t17?,20-/m1/s1. The third-order valence-corrected chi connectivity index (χ3v) is 6.42. The van der Waals surface area contributed by atoms with Gasteiger partial charge in [0.2, 0.25) is 11.8 Å². The lowest BCUT2D eigenvalue weighted by Crippen LogP contribution is -2.52. The SMILES string of the molecule is COCC1Cc2ccccc2N1C(=O)Nc1ccc2c(c1)CN([C@@H]1CCC(=O)NC1=O)C2=O. The fourth-order valence-corrected chi connectivity index (χ4v) is 4.90. The van der Waals surface area contributed by atoms with Gasteiger partial charge in [0, 0.05) is 37.0 Å². The zero-order valence-electron chi connectivity index (χ0n) is 18.2. The normalized spacial score (nSPS) is 21.7. The van der Waals surface area contributed by atoms with E-state index < -0.39 is 11.9 Å². The van der Waals surface area contributed by atoms with Crippen molar-refractivity contribution in [3.63, 3.8) is 0 Å². The van der Waals surface area contributed by atoms with Gasteiger partial charge in [0.15, 0.2) is 0 Å². The van der Waals surface area contributed by atoms with E-state index in [0.29, 0.717) is 24.3 Å². The van der Waals surface area contributed by atoms with Crippen molar-refractivity contribution < 1.29 is 23.9 Å². The van der Waals surface area contributed by atoms with Gasteiger partial charge in [-0.05, 0) is 48.2 Å². The molecule has 0 radical (unpaired) electrons. The highest BCUT2D eigenvalue weighted by molar-refractivity contribution is 6.07. The van der Waals surface area contributed by atoms with Gasteiger partial charge >= 0.3 is 6.03 Å². The van der Waals surface area contributed by atoms with Gasteiger partial charge in [-0.2, -0.15) is 0 Å². The number of methoxy groups -OCH3 is 1. The van der Waals surface area contributed by atoms with Crippen molar-refractivity contribution in [2.24, 2.45) is 0 Å². The molecule has 3 aliphatic heterocycles. The van der Waals surface area contributed by atoms with Gasteiger partial charge in [-0.15, -0.1) is 0 Å². The molecule has 0 spiro atoms. The summed E-state index contributed by atoms with van der Waals surface area (Å²) in [4.78, 5) is 53.0. The van der Waals surface area contributed by atoms with E-state index in [0.717, 1.165) is 23.2 Å². The van der Waals surface area contributed by atoms with Gasteiger partial charge in [-0.1, -0.05) is 18.2 Å². The Morgan fingerprint density at radius 3 is 2.76 bits per heavy atom. The van der Waals surface area contributed by atoms with E-state index in [-0.39, 0.29) is 36.9 Å². The average Bonchev–Trinajstić information content (AvgIpc) is 3.31. The van der Waals surface area contributed by atoms with E-state index in [4.69, 9.17) is 4.74 Å². The van der Waals surface area contributed by atoms with Gasteiger partial charge in [-0.25, -0.2) is 4.79 Å². The molecule has 1 saturated heterocycles. The highest BCUT2D eigenvalue weighted by atomic mass is 16.5. The molecule has 1 unspecified atom stereocenters. The molecule has 0 aliphatic carbocycles. The lowest BCUT2D eigenvalue weighted by atomic mass is 10.0. The summed E-state index contributed by atoms with van der Waals surface area (Å²) in [7, 11) is 1.62. The first kappa shape index (κ1) is 21.1. The maximum atomic E-state index is 13.2. The second-order valence-corrected chi connectivity index (χ2v) is 8.51. The molecular formula is C24H24N4O5. The fourth-order valence-electron chi connectivity index (χ4n) is 4.90. The van der Waals surface area contributed by atoms with Crippen molar-refractivity contribution in [1.82, 2.24) is 10.2 Å². The minimum atomic E-state index is -0.670. The number of piperidine rings is 1. The lowest BCUT2D eigenvalue weighted by Gasteiger charge is -2.29. The summed E-state index contributed by atoms with van der Waals surface area (Å²) in [6.45, 7) is 0.671. The maximum absolute atomic E-state index is 13.2. The lowest BCUT2D eigenvalue weighted by molar-refractivity contribution is -0.136. The fraction of sp³-hybridized carbons (Fsp3) is 0.333. The summed E-state index contributed by atoms with van der Waals surface area (Å²) in [6.07, 6.45) is 1.23. The van der Waals surface area contributed by atoms with Crippen LogP contribution in [0.2, 0.25) is 0 Å². The summed E-state index contributed by atoms with van der Waals surface area (Å²) in [5, 5.41) is 5.24. The Hall–Kier alpha value is -3.72. The maximum Gasteiger partial charge on any atom is 0.326 e. The number of benzene rings is 2. The number of rotatable bonds is 4. The van der Waals surface area contributed by atoms with E-state index >= 15 is 0 Å². The number of imide groups is 1. The largest absolute Gasteiger partial charge is 0.383 e. The number of ether oxygens (including phenoxy) is 1. The molecule has 5 rings (SSSR count). The van der Waals surface area contributed by atoms with Crippen molar-refractivity contribution in [2.45, 2.75) is 37.9 Å². The molecule has 5 amide bonds. The van der Waals surface area contributed by atoms with E-state index in [1.165, 1.54) is 4.90 Å². The van der Waals surface area contributed by atoms with Gasteiger partial charge in [-0.3, -0.25) is 24.6 Å². The van der Waals surface area contributed by atoms with Crippen LogP contribution in [0.3, 0.4) is 0 Å². The topological polar surface area (TPSA) is 108 Å². The highest BCUT2D eigenvalue weighted by Gasteiger charge is 2.39. The van der Waals surface area contributed by atoms with Crippen LogP contribution in [-0.2, 0) is 27.3 Å². The van der Waals surface area contributed by atoms with Crippen molar-refractivity contribution >= 4 is 35.1 Å². The number of amides is 5. The smallest absolute Gasteiger partial charge is 0.326 e. The molecule has 9 nitrogen and oxygen atoms in total. The molecule has 2 atom stereocenters. The number of hydrogen-bond donors (Lipinski definition) is 2. The van der Waals surface area contributed by atoms with E-state index in [2.05, 4.69) is 10.6 Å². The third kappa shape index (κ3) is 3.74. The molecule has 3 aliphatic rings. The Morgan fingerprint density at radius 1 is 1.15 bits per heavy atom. The summed E-state index contributed by atoms with van der Waals surface area (Å²) >= 11 is 0. The van der Waals surface area contributed by atoms with Gasteiger partial charge in [0.1, 0.15) is 6.04 Å². The van der Waals surface area contributed by atoms with Crippen LogP contribution in [0.25, 0.3) is 0 Å². The number of nitrogens with one attached hydrogen (secondary N) is 2. The number of carbonyl (C=O) groups excluding carboxylic acids is 4. The zero-order valence-corrected chi connectivity index (χ0v) is 18.2. The summed E-state index contributed by atoms with van der Waals surface area (Å²) in [5.41, 5.74) is 3.75. The molecule has 1 fully saturated rings. The molecule has 2 aromatic carbocycles. The van der Waals surface area contributed by atoms with E-state index in [1.807, 2.05) is 24.3 Å². The van der Waals surface area contributed by atoms with Crippen LogP contribution < -0.4 is 15.5 Å². The predicted octanol–water partition coefficient (Wildman–Crippen LogP) is 2.06. The molecule has 2 N–H and O–H groups in total. The molecule has 170 valence electrons. The van der Waals surface area contributed by atoms with Crippen molar-refractivity contribution in [1.29, 1.82) is 0 Å². The number of para-hydroxylation sites is 1. The van der Waals surface area contributed by atoms with Crippen LogP contribution >= 0.6 is 0 Å². The second kappa shape index (κ2) is 8.32. The molecule has 3 heterocycles. The second-order valence-electron chi connectivity index (χ2n) is 8.51. The van der Waals surface area contributed by atoms with Gasteiger partial charge in [0.05, 0.1) is 12.6 Å². The molecule has 9 heteroatoms. The summed E-state index contributed by atoms with van der Waals surface area (Å²) in [6, 6.07) is 11.9. The Labute approximate surface area is 190 Å². The van der Waals surface area contributed by atoms with Crippen LogP contribution in [0, 0.1) is 0 Å². The zero-order chi connectivity index (χ0) is 23.1. The first-order chi connectivity index (χ1) is 16.0. The number of nitrogens with zero attached hydrogens (tertiary/aromatic N) is 2. The minimum Gasteiger partial charge on any atom is -0.383 e. The van der Waals surface area contributed by atoms with Crippen LogP contribution in [0.15, 0.2) is 42.5 Å². The Morgan fingerprint density at radius 2 is 1.97 bits per heavy atom. The monoisotopic (exact) mass is 448 g/mol. The quantitative estimate of drug-likeness (QED) is 0.696.